The van der Waals surface area contributed by atoms with Crippen molar-refractivity contribution in [2.75, 3.05) is 0 Å². The molecule has 1 saturated carbocycles. The van der Waals surface area contributed by atoms with Gasteiger partial charge in [0.25, 0.3) is 0 Å². The van der Waals surface area contributed by atoms with Crippen molar-refractivity contribution in [1.82, 2.24) is 5.43 Å². The van der Waals surface area contributed by atoms with Gasteiger partial charge in [0.2, 0.25) is 0 Å². The second-order valence-corrected chi connectivity index (χ2v) is 5.47. The molecule has 1 aliphatic rings. The van der Waals surface area contributed by atoms with Crippen LogP contribution in [0, 0.1) is 17.8 Å². The zero-order valence-electron chi connectivity index (χ0n) is 10.6. The fourth-order valence-electron chi connectivity index (χ4n) is 3.18. The summed E-state index contributed by atoms with van der Waals surface area (Å²) in [6.07, 6.45) is 8.03. The summed E-state index contributed by atoms with van der Waals surface area (Å²) in [6, 6.07) is 0.545. The molecule has 0 amide bonds. The Bertz CT molecular complexity index is 170. The van der Waals surface area contributed by atoms with E-state index >= 15 is 0 Å². The highest BCUT2D eigenvalue weighted by Gasteiger charge is 2.30. The van der Waals surface area contributed by atoms with Gasteiger partial charge in [0, 0.05) is 6.04 Å². The van der Waals surface area contributed by atoms with Gasteiger partial charge in [0.15, 0.2) is 0 Å². The number of hydrogen-bond acceptors (Lipinski definition) is 2. The third-order valence-electron chi connectivity index (χ3n) is 4.10. The molecule has 0 aromatic carbocycles. The van der Waals surface area contributed by atoms with Crippen LogP contribution in [0.15, 0.2) is 0 Å². The van der Waals surface area contributed by atoms with Gasteiger partial charge in [-0.1, -0.05) is 46.5 Å². The summed E-state index contributed by atoms with van der Waals surface area (Å²) >= 11 is 0. The van der Waals surface area contributed by atoms with Crippen molar-refractivity contribution in [2.24, 2.45) is 23.6 Å². The monoisotopic (exact) mass is 212 g/mol. The first kappa shape index (κ1) is 13.0. The van der Waals surface area contributed by atoms with Crippen LogP contribution < -0.4 is 11.3 Å². The molecule has 0 heterocycles. The second-order valence-electron chi connectivity index (χ2n) is 5.47. The lowest BCUT2D eigenvalue weighted by atomic mass is 9.84. The number of nitrogens with two attached hydrogens (primary N) is 1. The minimum atomic E-state index is 0.545. The molecule has 90 valence electrons. The maximum atomic E-state index is 5.71. The first-order valence-electron chi connectivity index (χ1n) is 6.65. The van der Waals surface area contributed by atoms with Gasteiger partial charge in [-0.2, -0.15) is 0 Å². The van der Waals surface area contributed by atoms with Gasteiger partial charge < -0.3 is 0 Å². The summed E-state index contributed by atoms with van der Waals surface area (Å²) in [7, 11) is 0. The molecule has 1 aliphatic carbocycles. The fourth-order valence-corrected chi connectivity index (χ4v) is 3.18. The molecule has 0 aliphatic heterocycles. The molecular formula is C13H28N2. The zero-order valence-corrected chi connectivity index (χ0v) is 10.6. The van der Waals surface area contributed by atoms with E-state index in [1.54, 1.807) is 0 Å². The number of rotatable bonds is 6. The fraction of sp³-hybridized carbons (Fsp3) is 1.00. The van der Waals surface area contributed by atoms with E-state index in [4.69, 9.17) is 5.84 Å². The molecule has 0 spiro atoms. The summed E-state index contributed by atoms with van der Waals surface area (Å²) in [5, 5.41) is 0. The standard InChI is InChI=1S/C13H28N2/c1-4-6-10(2)9-13(15-14)12-8-5-7-11(12)3/h10-13,15H,4-9,14H2,1-3H3. The second kappa shape index (κ2) is 6.49. The van der Waals surface area contributed by atoms with Gasteiger partial charge in [-0.15, -0.1) is 0 Å². The van der Waals surface area contributed by atoms with E-state index in [1.807, 2.05) is 0 Å². The quantitative estimate of drug-likeness (QED) is 0.524. The van der Waals surface area contributed by atoms with Crippen LogP contribution in [-0.2, 0) is 0 Å². The van der Waals surface area contributed by atoms with Crippen LogP contribution in [0.4, 0.5) is 0 Å². The summed E-state index contributed by atoms with van der Waals surface area (Å²) in [6.45, 7) is 7.00. The van der Waals surface area contributed by atoms with E-state index in [2.05, 4.69) is 26.2 Å². The molecule has 2 heteroatoms. The summed E-state index contributed by atoms with van der Waals surface area (Å²) in [5.41, 5.74) is 3.06. The highest BCUT2D eigenvalue weighted by atomic mass is 15.2. The Kier molecular flexibility index (Phi) is 5.62. The van der Waals surface area contributed by atoms with E-state index in [0.29, 0.717) is 6.04 Å². The van der Waals surface area contributed by atoms with Crippen LogP contribution in [-0.4, -0.2) is 6.04 Å². The van der Waals surface area contributed by atoms with Gasteiger partial charge in [-0.3, -0.25) is 11.3 Å². The lowest BCUT2D eigenvalue weighted by Gasteiger charge is -2.28. The number of nitrogens with one attached hydrogen (secondary N) is 1. The van der Waals surface area contributed by atoms with Gasteiger partial charge >= 0.3 is 0 Å². The number of hydrazine groups is 1. The van der Waals surface area contributed by atoms with Crippen molar-refractivity contribution >= 4 is 0 Å². The van der Waals surface area contributed by atoms with Crippen LogP contribution >= 0.6 is 0 Å². The van der Waals surface area contributed by atoms with Crippen molar-refractivity contribution in [3.05, 3.63) is 0 Å². The topological polar surface area (TPSA) is 38.0 Å². The molecular weight excluding hydrogens is 184 g/mol. The van der Waals surface area contributed by atoms with Crippen LogP contribution in [0.1, 0.15) is 59.3 Å². The molecule has 15 heavy (non-hydrogen) atoms. The van der Waals surface area contributed by atoms with Crippen LogP contribution in [0.3, 0.4) is 0 Å². The molecule has 1 fully saturated rings. The molecule has 0 bridgehead atoms. The highest BCUT2D eigenvalue weighted by molar-refractivity contribution is 4.84. The maximum Gasteiger partial charge on any atom is 0.0243 e. The Labute approximate surface area is 95.0 Å². The first-order chi connectivity index (χ1) is 7.19. The van der Waals surface area contributed by atoms with Crippen molar-refractivity contribution < 1.29 is 0 Å². The smallest absolute Gasteiger partial charge is 0.0243 e. The van der Waals surface area contributed by atoms with E-state index < -0.39 is 0 Å². The van der Waals surface area contributed by atoms with Gasteiger partial charge in [-0.05, 0) is 30.6 Å². The predicted molar refractivity (Wildman–Crippen MR) is 66.3 cm³/mol. The average molecular weight is 212 g/mol. The van der Waals surface area contributed by atoms with E-state index in [1.165, 1.54) is 38.5 Å². The highest BCUT2D eigenvalue weighted by Crippen LogP contribution is 2.35. The van der Waals surface area contributed by atoms with E-state index in [0.717, 1.165) is 17.8 Å². The van der Waals surface area contributed by atoms with Crippen molar-refractivity contribution in [3.8, 4) is 0 Å². The summed E-state index contributed by atoms with van der Waals surface area (Å²) < 4.78 is 0. The Morgan fingerprint density at radius 2 is 2.13 bits per heavy atom. The largest absolute Gasteiger partial charge is 0.271 e. The Hall–Kier alpha value is -0.0800. The van der Waals surface area contributed by atoms with Gasteiger partial charge in [0.1, 0.15) is 0 Å². The van der Waals surface area contributed by atoms with Crippen LogP contribution in [0.25, 0.3) is 0 Å². The lowest BCUT2D eigenvalue weighted by molar-refractivity contribution is 0.254. The summed E-state index contributed by atoms with van der Waals surface area (Å²) in [5.74, 6) is 8.19. The number of hydrogen-bond donors (Lipinski definition) is 2. The predicted octanol–water partition coefficient (Wildman–Crippen LogP) is 3.08. The average Bonchev–Trinajstić information content (AvgIpc) is 2.61. The molecule has 4 unspecified atom stereocenters. The molecule has 0 saturated heterocycles. The Morgan fingerprint density at radius 1 is 1.40 bits per heavy atom. The molecule has 0 radical (unpaired) electrons. The van der Waals surface area contributed by atoms with Crippen LogP contribution in [0.5, 0.6) is 0 Å². The SMILES string of the molecule is CCCC(C)CC(NN)C1CCCC1C. The van der Waals surface area contributed by atoms with Gasteiger partial charge in [0.05, 0.1) is 0 Å². The first-order valence-corrected chi connectivity index (χ1v) is 6.65. The van der Waals surface area contributed by atoms with E-state index in [-0.39, 0.29) is 0 Å². The zero-order chi connectivity index (χ0) is 11.3. The van der Waals surface area contributed by atoms with Gasteiger partial charge in [-0.25, -0.2) is 0 Å². The molecule has 0 aromatic heterocycles. The third kappa shape index (κ3) is 3.76. The van der Waals surface area contributed by atoms with Crippen molar-refractivity contribution in [1.29, 1.82) is 0 Å². The molecule has 1 rings (SSSR count). The minimum Gasteiger partial charge on any atom is -0.271 e. The molecule has 3 N–H and O–H groups in total. The lowest BCUT2D eigenvalue weighted by Crippen LogP contribution is -2.42. The molecule has 2 nitrogen and oxygen atoms in total. The Morgan fingerprint density at radius 3 is 2.60 bits per heavy atom. The molecule has 4 atom stereocenters. The van der Waals surface area contributed by atoms with Crippen molar-refractivity contribution in [3.63, 3.8) is 0 Å². The third-order valence-corrected chi connectivity index (χ3v) is 4.10. The maximum absolute atomic E-state index is 5.71. The Balaban J connectivity index is 2.40. The van der Waals surface area contributed by atoms with E-state index in [9.17, 15) is 0 Å². The summed E-state index contributed by atoms with van der Waals surface area (Å²) in [4.78, 5) is 0. The normalized spacial score (nSPS) is 30.4. The van der Waals surface area contributed by atoms with Crippen LogP contribution in [0.2, 0.25) is 0 Å². The molecule has 0 aromatic rings. The van der Waals surface area contributed by atoms with Crippen molar-refractivity contribution in [2.45, 2.75) is 65.3 Å². The minimum absolute atomic E-state index is 0.545.